The van der Waals surface area contributed by atoms with Crippen molar-refractivity contribution >= 4 is 58.2 Å². The molecule has 2 aromatic carbocycles. The number of likely N-dealkylation sites (N-methyl/N-ethyl adjacent to an activating group) is 1. The average molecular weight is 652 g/mol. The molecule has 1 fully saturated rings. The van der Waals surface area contributed by atoms with E-state index in [1.807, 2.05) is 32.9 Å². The summed E-state index contributed by atoms with van der Waals surface area (Å²) >= 11 is 0. The molecule has 1 saturated heterocycles. The Morgan fingerprint density at radius 1 is 1.15 bits per heavy atom. The number of nitrogens with zero attached hydrogens (tertiary/aromatic N) is 3. The van der Waals surface area contributed by atoms with E-state index in [-0.39, 0.29) is 36.7 Å². The zero-order chi connectivity index (χ0) is 32.7. The lowest BCUT2D eigenvalue weighted by Gasteiger charge is -2.36. The SMILES string of the molecule is C#CCOc1ccc(Nc2ncnc3cc(OC)c(NC(=O)C4CCCN4C(=O)C(NC(=O)C(C)NC)C(C)(C)C)cc23)cc1.Cl. The lowest BCUT2D eigenvalue weighted by atomic mass is 9.85. The maximum absolute atomic E-state index is 13.8. The minimum Gasteiger partial charge on any atom is -0.494 e. The highest BCUT2D eigenvalue weighted by Crippen LogP contribution is 2.34. The topological polar surface area (TPSA) is 147 Å². The molecule has 3 atom stereocenters. The molecule has 1 aliphatic rings. The molecule has 4 N–H and O–H groups in total. The highest BCUT2D eigenvalue weighted by atomic mass is 35.5. The zero-order valence-corrected chi connectivity index (χ0v) is 27.8. The number of methoxy groups -OCH3 is 1. The van der Waals surface area contributed by atoms with Gasteiger partial charge in [-0.2, -0.15) is 0 Å². The molecule has 3 amide bonds. The lowest BCUT2D eigenvalue weighted by Crippen LogP contribution is -2.59. The molecule has 0 saturated carbocycles. The summed E-state index contributed by atoms with van der Waals surface area (Å²) in [5.74, 6) is 3.08. The van der Waals surface area contributed by atoms with Gasteiger partial charge in [0, 0.05) is 23.7 Å². The molecule has 1 aliphatic heterocycles. The predicted molar refractivity (Wildman–Crippen MR) is 181 cm³/mol. The molecule has 13 heteroatoms. The molecule has 246 valence electrons. The van der Waals surface area contributed by atoms with Gasteiger partial charge in [0.25, 0.3) is 0 Å². The van der Waals surface area contributed by atoms with Crippen LogP contribution in [0.25, 0.3) is 10.9 Å². The Balaban J connectivity index is 0.00000576. The van der Waals surface area contributed by atoms with Crippen LogP contribution in [-0.4, -0.2) is 78.0 Å². The summed E-state index contributed by atoms with van der Waals surface area (Å²) in [5.41, 5.74) is 1.19. The maximum Gasteiger partial charge on any atom is 0.247 e. The number of hydrogen-bond donors (Lipinski definition) is 4. The second-order valence-electron chi connectivity index (χ2n) is 11.9. The Bertz CT molecular complexity index is 1590. The van der Waals surface area contributed by atoms with Crippen LogP contribution < -0.4 is 30.7 Å². The number of fused-ring (bicyclic) bond motifs is 1. The normalized spacial score (nSPS) is 15.6. The van der Waals surface area contributed by atoms with Crippen molar-refractivity contribution in [3.8, 4) is 23.8 Å². The summed E-state index contributed by atoms with van der Waals surface area (Å²) in [5, 5.41) is 12.7. The van der Waals surface area contributed by atoms with E-state index in [1.165, 1.54) is 13.4 Å². The first-order chi connectivity index (χ1) is 21.5. The highest BCUT2D eigenvalue weighted by Gasteiger charge is 2.42. The van der Waals surface area contributed by atoms with Crippen molar-refractivity contribution in [2.24, 2.45) is 5.41 Å². The number of amides is 3. The number of likely N-dealkylation sites (tertiary alicyclic amines) is 1. The van der Waals surface area contributed by atoms with Gasteiger partial charge < -0.3 is 35.6 Å². The summed E-state index contributed by atoms with van der Waals surface area (Å²) in [7, 11) is 3.19. The van der Waals surface area contributed by atoms with E-state index in [2.05, 4.69) is 37.2 Å². The Morgan fingerprint density at radius 2 is 1.87 bits per heavy atom. The van der Waals surface area contributed by atoms with Gasteiger partial charge in [-0.05, 0) is 62.6 Å². The number of carbonyl (C=O) groups excluding carboxylic acids is 3. The smallest absolute Gasteiger partial charge is 0.247 e. The number of benzene rings is 2. The van der Waals surface area contributed by atoms with Crippen LogP contribution in [0.4, 0.5) is 17.2 Å². The van der Waals surface area contributed by atoms with Gasteiger partial charge in [0.15, 0.2) is 0 Å². The molecule has 0 spiro atoms. The monoisotopic (exact) mass is 651 g/mol. The minimum atomic E-state index is -0.812. The van der Waals surface area contributed by atoms with E-state index in [0.29, 0.717) is 53.3 Å². The second-order valence-corrected chi connectivity index (χ2v) is 11.9. The number of rotatable bonds is 11. The van der Waals surface area contributed by atoms with Crippen molar-refractivity contribution in [2.75, 3.05) is 37.9 Å². The maximum atomic E-state index is 13.8. The average Bonchev–Trinajstić information content (AvgIpc) is 3.52. The van der Waals surface area contributed by atoms with Gasteiger partial charge in [0.1, 0.15) is 42.3 Å². The Morgan fingerprint density at radius 3 is 2.50 bits per heavy atom. The summed E-state index contributed by atoms with van der Waals surface area (Å²) in [6, 6.07) is 8.73. The predicted octanol–water partition coefficient (Wildman–Crippen LogP) is 3.88. The van der Waals surface area contributed by atoms with Gasteiger partial charge in [0.05, 0.1) is 24.4 Å². The Hall–Kier alpha value is -4.60. The molecule has 12 nitrogen and oxygen atoms in total. The van der Waals surface area contributed by atoms with Crippen LogP contribution in [0.5, 0.6) is 11.5 Å². The summed E-state index contributed by atoms with van der Waals surface area (Å²) in [4.78, 5) is 50.7. The van der Waals surface area contributed by atoms with E-state index in [4.69, 9.17) is 15.9 Å². The van der Waals surface area contributed by atoms with Gasteiger partial charge in [0.2, 0.25) is 17.7 Å². The van der Waals surface area contributed by atoms with Crippen molar-refractivity contribution < 1.29 is 23.9 Å². The number of hydrogen-bond acceptors (Lipinski definition) is 9. The summed E-state index contributed by atoms with van der Waals surface area (Å²) in [6.07, 6.45) is 7.85. The van der Waals surface area contributed by atoms with Crippen LogP contribution in [0.2, 0.25) is 0 Å². The third-order valence-electron chi connectivity index (χ3n) is 7.72. The third kappa shape index (κ3) is 8.35. The van der Waals surface area contributed by atoms with E-state index in [9.17, 15) is 14.4 Å². The Kier molecular flexibility index (Phi) is 12.2. The van der Waals surface area contributed by atoms with Crippen molar-refractivity contribution in [1.82, 2.24) is 25.5 Å². The van der Waals surface area contributed by atoms with Crippen LogP contribution in [0, 0.1) is 17.8 Å². The van der Waals surface area contributed by atoms with Crippen LogP contribution >= 0.6 is 12.4 Å². The zero-order valence-electron chi connectivity index (χ0n) is 27.0. The number of carbonyl (C=O) groups is 3. The second kappa shape index (κ2) is 15.6. The quantitative estimate of drug-likeness (QED) is 0.227. The molecule has 3 unspecified atom stereocenters. The first kappa shape index (κ1) is 35.9. The first-order valence-corrected chi connectivity index (χ1v) is 14.8. The molecular formula is C33H42ClN7O5. The van der Waals surface area contributed by atoms with E-state index >= 15 is 0 Å². The van der Waals surface area contributed by atoms with Crippen LogP contribution in [0.15, 0.2) is 42.7 Å². The number of terminal acetylenes is 1. The third-order valence-corrected chi connectivity index (χ3v) is 7.72. The number of ether oxygens (including phenoxy) is 2. The standard InChI is InChI=1S/C33H41N7O5.ClH/c1-8-16-45-22-13-11-21(12-14-22)37-29-23-17-25(27(44-7)18-24(23)35-19-36-29)38-31(42)26-10-9-15-40(26)32(43)28(33(3,4)5)39-30(41)20(2)34-6;/h1,11-14,17-20,26,28,34H,9-10,15-16H2,2-7H3,(H,38,42)(H,39,41)(H,35,36,37);1H. The first-order valence-electron chi connectivity index (χ1n) is 14.8. The van der Waals surface area contributed by atoms with E-state index in [0.717, 1.165) is 5.69 Å². The molecule has 0 bridgehead atoms. The van der Waals surface area contributed by atoms with Gasteiger partial charge in [-0.25, -0.2) is 9.97 Å². The fraction of sp³-hybridized carbons (Fsp3) is 0.424. The molecule has 0 radical (unpaired) electrons. The lowest BCUT2D eigenvalue weighted by molar-refractivity contribution is -0.143. The number of anilines is 3. The largest absolute Gasteiger partial charge is 0.494 e. The molecular weight excluding hydrogens is 610 g/mol. The summed E-state index contributed by atoms with van der Waals surface area (Å²) < 4.78 is 11.0. The number of nitrogens with one attached hydrogen (secondary N) is 4. The fourth-order valence-corrected chi connectivity index (χ4v) is 5.08. The Labute approximate surface area is 275 Å². The van der Waals surface area contributed by atoms with Gasteiger partial charge in [-0.1, -0.05) is 26.7 Å². The number of halogens is 1. The molecule has 2 heterocycles. The van der Waals surface area contributed by atoms with Crippen LogP contribution in [0.1, 0.15) is 40.5 Å². The van der Waals surface area contributed by atoms with Crippen molar-refractivity contribution in [2.45, 2.75) is 58.7 Å². The molecule has 46 heavy (non-hydrogen) atoms. The van der Waals surface area contributed by atoms with Crippen molar-refractivity contribution in [1.29, 1.82) is 0 Å². The van der Waals surface area contributed by atoms with E-state index < -0.39 is 23.5 Å². The van der Waals surface area contributed by atoms with Gasteiger partial charge >= 0.3 is 0 Å². The highest BCUT2D eigenvalue weighted by molar-refractivity contribution is 6.03. The minimum absolute atomic E-state index is 0. The van der Waals surface area contributed by atoms with Crippen molar-refractivity contribution in [3.05, 3.63) is 42.7 Å². The van der Waals surface area contributed by atoms with Gasteiger partial charge in [-0.3, -0.25) is 14.4 Å². The molecule has 3 aromatic rings. The van der Waals surface area contributed by atoms with Crippen LogP contribution in [-0.2, 0) is 14.4 Å². The number of aromatic nitrogens is 2. The fourth-order valence-electron chi connectivity index (χ4n) is 5.08. The summed E-state index contributed by atoms with van der Waals surface area (Å²) in [6.45, 7) is 7.97. The van der Waals surface area contributed by atoms with Crippen LogP contribution in [0.3, 0.4) is 0 Å². The van der Waals surface area contributed by atoms with E-state index in [1.54, 1.807) is 43.1 Å². The van der Waals surface area contributed by atoms with Crippen molar-refractivity contribution in [3.63, 3.8) is 0 Å². The molecule has 1 aromatic heterocycles. The van der Waals surface area contributed by atoms with Gasteiger partial charge in [-0.15, -0.1) is 18.8 Å². The molecule has 0 aliphatic carbocycles. The molecule has 4 rings (SSSR count).